The van der Waals surface area contributed by atoms with Gasteiger partial charge in [0.05, 0.1) is 6.26 Å². The van der Waals surface area contributed by atoms with Crippen LogP contribution in [0.25, 0.3) is 0 Å². The second-order valence-electron chi connectivity index (χ2n) is 1.86. The minimum atomic E-state index is 0.278. The lowest BCUT2D eigenvalue weighted by molar-refractivity contribution is 0.144. The van der Waals surface area contributed by atoms with E-state index in [-0.39, 0.29) is 6.10 Å². The average molecular weight is 126 g/mol. The topological polar surface area (TPSA) is 9.23 Å². The molecule has 9 heavy (non-hydrogen) atoms. The fraction of sp³-hybridized carbons (Fsp3) is 0.500. The summed E-state index contributed by atoms with van der Waals surface area (Å²) < 4.78 is 5.12. The first-order chi connectivity index (χ1) is 4.35. The lowest BCUT2D eigenvalue weighted by Gasteiger charge is -2.10. The molecule has 0 N–H and O–H groups in total. The Balaban J connectivity index is 3.39. The van der Waals surface area contributed by atoms with Gasteiger partial charge < -0.3 is 4.74 Å². The summed E-state index contributed by atoms with van der Waals surface area (Å²) in [4.78, 5) is 0. The van der Waals surface area contributed by atoms with Gasteiger partial charge in [0.25, 0.3) is 0 Å². The third kappa shape index (κ3) is 3.83. The Hall–Kier alpha value is -0.720. The van der Waals surface area contributed by atoms with Gasteiger partial charge in [-0.15, -0.1) is 6.58 Å². The van der Waals surface area contributed by atoms with Gasteiger partial charge >= 0.3 is 0 Å². The molecule has 0 spiro atoms. The summed E-state index contributed by atoms with van der Waals surface area (Å²) >= 11 is 0. The maximum Gasteiger partial charge on any atom is 0.101 e. The zero-order chi connectivity index (χ0) is 7.11. The van der Waals surface area contributed by atoms with Crippen molar-refractivity contribution in [1.82, 2.24) is 0 Å². The summed E-state index contributed by atoms with van der Waals surface area (Å²) in [5.74, 6) is 0. The lowest BCUT2D eigenvalue weighted by Crippen LogP contribution is -2.05. The van der Waals surface area contributed by atoms with Gasteiger partial charge in [-0.25, -0.2) is 0 Å². The Labute approximate surface area is 57.0 Å². The molecule has 1 atom stereocenters. The van der Waals surface area contributed by atoms with E-state index >= 15 is 0 Å². The Morgan fingerprint density at radius 2 is 2.22 bits per heavy atom. The summed E-state index contributed by atoms with van der Waals surface area (Å²) in [6, 6.07) is 0. The lowest BCUT2D eigenvalue weighted by atomic mass is 10.2. The van der Waals surface area contributed by atoms with Crippen LogP contribution in [-0.2, 0) is 4.74 Å². The summed E-state index contributed by atoms with van der Waals surface area (Å²) in [6.45, 7) is 9.17. The zero-order valence-corrected chi connectivity index (χ0v) is 5.97. The molecule has 0 aromatic heterocycles. The third-order valence-corrected chi connectivity index (χ3v) is 1.17. The largest absolute Gasteiger partial charge is 0.498 e. The van der Waals surface area contributed by atoms with Gasteiger partial charge in [0.1, 0.15) is 6.10 Å². The SMILES string of the molecule is C=CCC(CC)OC=C. The van der Waals surface area contributed by atoms with Crippen LogP contribution < -0.4 is 0 Å². The Morgan fingerprint density at radius 3 is 2.56 bits per heavy atom. The molecule has 0 amide bonds. The maximum absolute atomic E-state index is 5.12. The van der Waals surface area contributed by atoms with Gasteiger partial charge in [-0.2, -0.15) is 0 Å². The summed E-state index contributed by atoms with van der Waals surface area (Å²) in [6.07, 6.45) is 5.54. The van der Waals surface area contributed by atoms with E-state index in [9.17, 15) is 0 Å². The van der Waals surface area contributed by atoms with Crippen molar-refractivity contribution in [2.24, 2.45) is 0 Å². The van der Waals surface area contributed by atoms with Crippen LogP contribution in [0.3, 0.4) is 0 Å². The van der Waals surface area contributed by atoms with Crippen LogP contribution in [0.1, 0.15) is 19.8 Å². The quantitative estimate of drug-likeness (QED) is 0.406. The summed E-state index contributed by atoms with van der Waals surface area (Å²) in [5.41, 5.74) is 0. The summed E-state index contributed by atoms with van der Waals surface area (Å²) in [7, 11) is 0. The van der Waals surface area contributed by atoms with Crippen LogP contribution in [0.2, 0.25) is 0 Å². The first kappa shape index (κ1) is 8.28. The first-order valence-corrected chi connectivity index (χ1v) is 3.22. The van der Waals surface area contributed by atoms with Crippen molar-refractivity contribution in [3.63, 3.8) is 0 Å². The highest BCUT2D eigenvalue weighted by molar-refractivity contribution is 4.73. The van der Waals surface area contributed by atoms with Crippen LogP contribution >= 0.6 is 0 Å². The smallest absolute Gasteiger partial charge is 0.101 e. The van der Waals surface area contributed by atoms with Gasteiger partial charge in [0.2, 0.25) is 0 Å². The highest BCUT2D eigenvalue weighted by Crippen LogP contribution is 2.03. The van der Waals surface area contributed by atoms with Gasteiger partial charge in [0.15, 0.2) is 0 Å². The van der Waals surface area contributed by atoms with Crippen molar-refractivity contribution < 1.29 is 4.74 Å². The molecule has 0 bridgehead atoms. The molecule has 0 saturated heterocycles. The minimum Gasteiger partial charge on any atom is -0.498 e. The predicted molar refractivity (Wildman–Crippen MR) is 40.2 cm³/mol. The molecule has 0 aliphatic heterocycles. The molecule has 0 aromatic carbocycles. The monoisotopic (exact) mass is 126 g/mol. The van der Waals surface area contributed by atoms with E-state index < -0.39 is 0 Å². The first-order valence-electron chi connectivity index (χ1n) is 3.22. The van der Waals surface area contributed by atoms with E-state index in [2.05, 4.69) is 20.1 Å². The second kappa shape index (κ2) is 5.42. The molecule has 52 valence electrons. The highest BCUT2D eigenvalue weighted by Gasteiger charge is 1.99. The molecular formula is C8H14O. The van der Waals surface area contributed by atoms with Crippen LogP contribution in [0.15, 0.2) is 25.5 Å². The summed E-state index contributed by atoms with van der Waals surface area (Å²) in [5, 5.41) is 0. The molecule has 0 saturated carbocycles. The Bertz CT molecular complexity index is 76.6. The van der Waals surface area contributed by atoms with Gasteiger partial charge in [-0.3, -0.25) is 0 Å². The molecule has 0 radical (unpaired) electrons. The third-order valence-electron chi connectivity index (χ3n) is 1.17. The van der Waals surface area contributed by atoms with E-state index in [4.69, 9.17) is 4.74 Å². The molecule has 0 aliphatic rings. The van der Waals surface area contributed by atoms with E-state index in [0.29, 0.717) is 0 Å². The predicted octanol–water partition coefficient (Wildman–Crippen LogP) is 2.50. The highest BCUT2D eigenvalue weighted by atomic mass is 16.5. The fourth-order valence-corrected chi connectivity index (χ4v) is 0.640. The van der Waals surface area contributed by atoms with Crippen molar-refractivity contribution in [1.29, 1.82) is 0 Å². The van der Waals surface area contributed by atoms with Crippen molar-refractivity contribution in [3.05, 3.63) is 25.5 Å². The molecule has 1 unspecified atom stereocenters. The molecular weight excluding hydrogens is 112 g/mol. The zero-order valence-electron chi connectivity index (χ0n) is 5.97. The van der Waals surface area contributed by atoms with Crippen LogP contribution in [-0.4, -0.2) is 6.10 Å². The van der Waals surface area contributed by atoms with E-state index in [1.54, 1.807) is 0 Å². The normalized spacial score (nSPS) is 12.1. The molecule has 0 aliphatic carbocycles. The van der Waals surface area contributed by atoms with E-state index in [1.807, 2.05) is 6.08 Å². The molecule has 0 fully saturated rings. The molecule has 0 heterocycles. The fourth-order valence-electron chi connectivity index (χ4n) is 0.640. The van der Waals surface area contributed by atoms with Gasteiger partial charge in [-0.05, 0) is 6.42 Å². The number of rotatable bonds is 5. The number of ether oxygens (including phenoxy) is 1. The molecule has 0 aromatic rings. The second-order valence-corrected chi connectivity index (χ2v) is 1.86. The van der Waals surface area contributed by atoms with Crippen molar-refractivity contribution >= 4 is 0 Å². The average Bonchev–Trinajstić information content (AvgIpc) is 1.88. The van der Waals surface area contributed by atoms with Crippen LogP contribution in [0.4, 0.5) is 0 Å². The van der Waals surface area contributed by atoms with Crippen molar-refractivity contribution in [2.45, 2.75) is 25.9 Å². The molecule has 1 nitrogen and oxygen atoms in total. The van der Waals surface area contributed by atoms with E-state index in [0.717, 1.165) is 12.8 Å². The molecule has 1 heteroatoms. The maximum atomic E-state index is 5.12. The molecule has 0 rings (SSSR count). The van der Waals surface area contributed by atoms with Crippen molar-refractivity contribution in [3.8, 4) is 0 Å². The van der Waals surface area contributed by atoms with Gasteiger partial charge in [0, 0.05) is 6.42 Å². The van der Waals surface area contributed by atoms with Gasteiger partial charge in [-0.1, -0.05) is 19.6 Å². The Morgan fingerprint density at radius 1 is 1.56 bits per heavy atom. The van der Waals surface area contributed by atoms with E-state index in [1.165, 1.54) is 6.26 Å². The Kier molecular flexibility index (Phi) is 4.98. The number of hydrogen-bond donors (Lipinski definition) is 0. The minimum absolute atomic E-state index is 0.278. The standard InChI is InChI=1S/C8H14O/c1-4-7-8(5-2)9-6-3/h4,6,8H,1,3,5,7H2,2H3. The van der Waals surface area contributed by atoms with Crippen LogP contribution in [0.5, 0.6) is 0 Å². The van der Waals surface area contributed by atoms with Crippen LogP contribution in [0, 0.1) is 0 Å². The number of hydrogen-bond acceptors (Lipinski definition) is 1. The van der Waals surface area contributed by atoms with Crippen molar-refractivity contribution in [2.75, 3.05) is 0 Å².